The topological polar surface area (TPSA) is 29.3 Å². The van der Waals surface area contributed by atoms with Gasteiger partial charge in [-0.1, -0.05) is 36.7 Å². The third kappa shape index (κ3) is 3.41. The van der Waals surface area contributed by atoms with E-state index in [0.29, 0.717) is 23.4 Å². The summed E-state index contributed by atoms with van der Waals surface area (Å²) in [6.07, 6.45) is 1.16. The van der Waals surface area contributed by atoms with E-state index in [9.17, 15) is 4.39 Å². The molecule has 1 fully saturated rings. The summed E-state index contributed by atoms with van der Waals surface area (Å²) in [6.45, 7) is 9.27. The number of hydrogen-bond donors (Lipinski definition) is 1. The molecule has 0 saturated carbocycles. The fraction of sp³-hybridized carbons (Fsp3) is 0.625. The monoisotopic (exact) mass is 342 g/mol. The minimum atomic E-state index is -0.164. The summed E-state index contributed by atoms with van der Waals surface area (Å²) in [5, 5.41) is 0. The van der Waals surface area contributed by atoms with Crippen LogP contribution in [0.3, 0.4) is 0 Å². The van der Waals surface area contributed by atoms with E-state index >= 15 is 0 Å². The molecule has 1 aromatic carbocycles. The summed E-state index contributed by atoms with van der Waals surface area (Å²) < 4.78 is 15.0. The maximum absolute atomic E-state index is 14.1. The van der Waals surface area contributed by atoms with E-state index in [4.69, 9.17) is 5.73 Å². The Bertz CT molecular complexity index is 470. The average molecular weight is 343 g/mol. The first-order chi connectivity index (χ1) is 9.32. The molecule has 1 aliphatic rings. The number of hydrogen-bond acceptors (Lipinski definition) is 2. The van der Waals surface area contributed by atoms with Crippen LogP contribution in [-0.4, -0.2) is 24.5 Å². The molecule has 1 aromatic rings. The molecule has 0 amide bonds. The summed E-state index contributed by atoms with van der Waals surface area (Å²) in [7, 11) is 0. The quantitative estimate of drug-likeness (QED) is 0.900. The predicted molar refractivity (Wildman–Crippen MR) is 85.0 cm³/mol. The average Bonchev–Trinajstić information content (AvgIpc) is 2.84. The Kier molecular flexibility index (Phi) is 4.88. The second-order valence-electron chi connectivity index (χ2n) is 6.76. The van der Waals surface area contributed by atoms with Gasteiger partial charge in [0.2, 0.25) is 0 Å². The third-order valence-corrected chi connectivity index (χ3v) is 4.92. The standard InChI is InChI=1S/C16H24BrFN2/c1-16(2,3)11-6-7-20(10-11)15(9-19)13-8-12(17)4-5-14(13)18/h4-5,8,11,15H,6-7,9-10,19H2,1-3H3. The number of rotatable bonds is 3. The van der Waals surface area contributed by atoms with Crippen molar-refractivity contribution in [3.05, 3.63) is 34.1 Å². The van der Waals surface area contributed by atoms with E-state index in [1.165, 1.54) is 6.07 Å². The Balaban J connectivity index is 2.20. The molecule has 0 aromatic heterocycles. The van der Waals surface area contributed by atoms with E-state index in [2.05, 4.69) is 41.6 Å². The first-order valence-corrected chi connectivity index (χ1v) is 8.01. The molecule has 2 atom stereocenters. The van der Waals surface area contributed by atoms with Gasteiger partial charge in [0, 0.05) is 29.2 Å². The van der Waals surface area contributed by atoms with Crippen molar-refractivity contribution in [2.24, 2.45) is 17.1 Å². The van der Waals surface area contributed by atoms with E-state index in [0.717, 1.165) is 24.0 Å². The first-order valence-electron chi connectivity index (χ1n) is 7.22. The number of benzene rings is 1. The van der Waals surface area contributed by atoms with Gasteiger partial charge in [0.1, 0.15) is 5.82 Å². The van der Waals surface area contributed by atoms with E-state index in [1.807, 2.05) is 6.07 Å². The highest BCUT2D eigenvalue weighted by molar-refractivity contribution is 9.10. The maximum atomic E-state index is 14.1. The molecule has 1 heterocycles. The van der Waals surface area contributed by atoms with Gasteiger partial charge in [0.25, 0.3) is 0 Å². The highest BCUT2D eigenvalue weighted by Gasteiger charge is 2.35. The summed E-state index contributed by atoms with van der Waals surface area (Å²) in [5.74, 6) is 0.481. The Morgan fingerprint density at radius 1 is 1.45 bits per heavy atom. The van der Waals surface area contributed by atoms with Crippen molar-refractivity contribution in [1.82, 2.24) is 4.90 Å². The molecule has 1 aliphatic heterocycles. The van der Waals surface area contributed by atoms with Gasteiger partial charge in [-0.3, -0.25) is 4.90 Å². The molecular formula is C16H24BrFN2. The number of halogens is 2. The van der Waals surface area contributed by atoms with Crippen molar-refractivity contribution in [2.75, 3.05) is 19.6 Å². The predicted octanol–water partition coefficient (Wildman–Crippen LogP) is 3.96. The zero-order valence-electron chi connectivity index (χ0n) is 12.5. The molecule has 20 heavy (non-hydrogen) atoms. The summed E-state index contributed by atoms with van der Waals surface area (Å²) >= 11 is 3.42. The SMILES string of the molecule is CC(C)(C)C1CCN(C(CN)c2cc(Br)ccc2F)C1. The number of nitrogens with zero attached hydrogens (tertiary/aromatic N) is 1. The van der Waals surface area contributed by atoms with Crippen LogP contribution in [0.5, 0.6) is 0 Å². The van der Waals surface area contributed by atoms with Crippen molar-refractivity contribution in [3.8, 4) is 0 Å². The zero-order valence-corrected chi connectivity index (χ0v) is 14.1. The van der Waals surface area contributed by atoms with Crippen molar-refractivity contribution < 1.29 is 4.39 Å². The van der Waals surface area contributed by atoms with Crippen molar-refractivity contribution in [3.63, 3.8) is 0 Å². The summed E-state index contributed by atoms with van der Waals surface area (Å²) in [4.78, 5) is 2.33. The van der Waals surface area contributed by atoms with Crippen LogP contribution in [0.15, 0.2) is 22.7 Å². The molecule has 0 bridgehead atoms. The van der Waals surface area contributed by atoms with E-state index in [-0.39, 0.29) is 11.9 Å². The lowest BCUT2D eigenvalue weighted by Gasteiger charge is -2.30. The smallest absolute Gasteiger partial charge is 0.128 e. The van der Waals surface area contributed by atoms with Crippen molar-refractivity contribution >= 4 is 15.9 Å². The highest BCUT2D eigenvalue weighted by atomic mass is 79.9. The second kappa shape index (κ2) is 6.12. The molecule has 4 heteroatoms. The van der Waals surface area contributed by atoms with Gasteiger partial charge in [-0.05, 0) is 42.5 Å². The second-order valence-corrected chi connectivity index (χ2v) is 7.68. The lowest BCUT2D eigenvalue weighted by molar-refractivity contribution is 0.195. The number of nitrogens with two attached hydrogens (primary N) is 1. The van der Waals surface area contributed by atoms with E-state index in [1.54, 1.807) is 6.07 Å². The Morgan fingerprint density at radius 3 is 2.70 bits per heavy atom. The first kappa shape index (κ1) is 15.9. The van der Waals surface area contributed by atoms with Crippen LogP contribution in [0.4, 0.5) is 4.39 Å². The molecule has 2 unspecified atom stereocenters. The van der Waals surface area contributed by atoms with Crippen LogP contribution in [0.2, 0.25) is 0 Å². The van der Waals surface area contributed by atoms with Gasteiger partial charge in [-0.25, -0.2) is 4.39 Å². The Hall–Kier alpha value is -0.450. The molecule has 2 nitrogen and oxygen atoms in total. The fourth-order valence-corrected chi connectivity index (χ4v) is 3.40. The summed E-state index contributed by atoms with van der Waals surface area (Å²) in [6, 6.07) is 5.07. The van der Waals surface area contributed by atoms with Gasteiger partial charge >= 0.3 is 0 Å². The zero-order chi connectivity index (χ0) is 14.9. The van der Waals surface area contributed by atoms with Crippen molar-refractivity contribution in [1.29, 1.82) is 0 Å². The molecule has 0 spiro atoms. The van der Waals surface area contributed by atoms with Gasteiger partial charge < -0.3 is 5.73 Å². The fourth-order valence-electron chi connectivity index (χ4n) is 3.02. The van der Waals surface area contributed by atoms with Gasteiger partial charge in [0.05, 0.1) is 0 Å². The largest absolute Gasteiger partial charge is 0.329 e. The van der Waals surface area contributed by atoms with Gasteiger partial charge in [-0.15, -0.1) is 0 Å². The lowest BCUT2D eigenvalue weighted by atomic mass is 9.80. The molecular weight excluding hydrogens is 319 g/mol. The molecule has 112 valence electrons. The third-order valence-electron chi connectivity index (χ3n) is 4.43. The van der Waals surface area contributed by atoms with Crippen LogP contribution >= 0.6 is 15.9 Å². The summed E-state index contributed by atoms with van der Waals surface area (Å²) in [5.41, 5.74) is 6.93. The molecule has 1 saturated heterocycles. The minimum Gasteiger partial charge on any atom is -0.329 e. The highest BCUT2D eigenvalue weighted by Crippen LogP contribution is 2.37. The van der Waals surface area contributed by atoms with Gasteiger partial charge in [0.15, 0.2) is 0 Å². The molecule has 0 aliphatic carbocycles. The van der Waals surface area contributed by atoms with Crippen LogP contribution < -0.4 is 5.73 Å². The Labute approximate surface area is 129 Å². The van der Waals surface area contributed by atoms with Crippen LogP contribution in [-0.2, 0) is 0 Å². The molecule has 2 rings (SSSR count). The minimum absolute atomic E-state index is 0.0279. The lowest BCUT2D eigenvalue weighted by Crippen LogP contribution is -2.34. The maximum Gasteiger partial charge on any atom is 0.128 e. The Morgan fingerprint density at radius 2 is 2.15 bits per heavy atom. The van der Waals surface area contributed by atoms with Crippen LogP contribution in [0.1, 0.15) is 38.8 Å². The van der Waals surface area contributed by atoms with Crippen LogP contribution in [0, 0.1) is 17.2 Å². The van der Waals surface area contributed by atoms with Crippen molar-refractivity contribution in [2.45, 2.75) is 33.2 Å². The normalized spacial score (nSPS) is 22.2. The molecule has 2 N–H and O–H groups in total. The molecule has 0 radical (unpaired) electrons. The van der Waals surface area contributed by atoms with Gasteiger partial charge in [-0.2, -0.15) is 0 Å². The van der Waals surface area contributed by atoms with E-state index < -0.39 is 0 Å². The van der Waals surface area contributed by atoms with Crippen LogP contribution in [0.25, 0.3) is 0 Å². The number of likely N-dealkylation sites (tertiary alicyclic amines) is 1.